The maximum Gasteiger partial charge on any atom is 0.252 e. The molecule has 1 amide bonds. The van der Waals surface area contributed by atoms with Gasteiger partial charge in [-0.3, -0.25) is 14.3 Å². The zero-order valence-electron chi connectivity index (χ0n) is 15.8. The van der Waals surface area contributed by atoms with Crippen LogP contribution in [0.1, 0.15) is 41.4 Å². The number of imidazole rings is 1. The number of aromatic nitrogens is 4. The molecule has 6 heteroatoms. The summed E-state index contributed by atoms with van der Waals surface area (Å²) in [6.07, 6.45) is 7.01. The maximum absolute atomic E-state index is 12.9. The first-order chi connectivity index (χ1) is 13.6. The van der Waals surface area contributed by atoms with Crippen molar-refractivity contribution < 1.29 is 4.79 Å². The summed E-state index contributed by atoms with van der Waals surface area (Å²) in [5.41, 5.74) is 3.33. The monoisotopic (exact) mass is 371 g/mol. The second-order valence-electron chi connectivity index (χ2n) is 6.94. The van der Waals surface area contributed by atoms with Crippen molar-refractivity contribution in [2.75, 3.05) is 0 Å². The van der Waals surface area contributed by atoms with Gasteiger partial charge in [-0.25, -0.2) is 9.97 Å². The van der Waals surface area contributed by atoms with Gasteiger partial charge in [-0.2, -0.15) is 0 Å². The van der Waals surface area contributed by atoms with Crippen LogP contribution in [0.25, 0.3) is 16.7 Å². The number of benzene rings is 1. The Hall–Kier alpha value is -3.54. The molecule has 4 aromatic rings. The second-order valence-corrected chi connectivity index (χ2v) is 6.94. The van der Waals surface area contributed by atoms with Gasteiger partial charge in [0.2, 0.25) is 0 Å². The molecule has 0 unspecified atom stereocenters. The van der Waals surface area contributed by atoms with Crippen LogP contribution < -0.4 is 5.32 Å². The fourth-order valence-electron chi connectivity index (χ4n) is 3.03. The number of carbonyl (C=O) groups is 1. The normalized spacial score (nSPS) is 11.1. The van der Waals surface area contributed by atoms with Crippen LogP contribution in [-0.4, -0.2) is 25.4 Å². The van der Waals surface area contributed by atoms with Crippen molar-refractivity contribution in [3.63, 3.8) is 0 Å². The van der Waals surface area contributed by atoms with Crippen molar-refractivity contribution in [2.45, 2.75) is 26.3 Å². The van der Waals surface area contributed by atoms with Crippen LogP contribution in [0.3, 0.4) is 0 Å². The van der Waals surface area contributed by atoms with Crippen molar-refractivity contribution in [1.82, 2.24) is 24.8 Å². The standard InChI is InChI=1S/C22H21N5O/c1-15(2)20-11-18(17-5-3-4-6-19(17)26-20)22(28)25-13-16-7-8-21(24-12-16)27-10-9-23-14-27/h3-12,14-15H,13H2,1-2H3,(H,25,28). The molecule has 3 heterocycles. The zero-order chi connectivity index (χ0) is 19.5. The molecule has 0 bridgehead atoms. The summed E-state index contributed by atoms with van der Waals surface area (Å²) in [5.74, 6) is 0.921. The van der Waals surface area contributed by atoms with Crippen molar-refractivity contribution in [2.24, 2.45) is 0 Å². The van der Waals surface area contributed by atoms with E-state index in [1.165, 1.54) is 0 Å². The van der Waals surface area contributed by atoms with Gasteiger partial charge in [0.1, 0.15) is 12.1 Å². The number of carbonyl (C=O) groups excluding carboxylic acids is 1. The summed E-state index contributed by atoms with van der Waals surface area (Å²) in [7, 11) is 0. The first-order valence-corrected chi connectivity index (χ1v) is 9.23. The van der Waals surface area contributed by atoms with Gasteiger partial charge in [0, 0.05) is 36.2 Å². The van der Waals surface area contributed by atoms with Gasteiger partial charge in [-0.05, 0) is 29.7 Å². The molecular weight excluding hydrogens is 350 g/mol. The average Bonchev–Trinajstić information content (AvgIpc) is 3.26. The number of para-hydroxylation sites is 1. The van der Waals surface area contributed by atoms with Gasteiger partial charge in [-0.15, -0.1) is 0 Å². The van der Waals surface area contributed by atoms with Gasteiger partial charge in [-0.1, -0.05) is 38.1 Å². The van der Waals surface area contributed by atoms with E-state index >= 15 is 0 Å². The van der Waals surface area contributed by atoms with Crippen LogP contribution >= 0.6 is 0 Å². The lowest BCUT2D eigenvalue weighted by Gasteiger charge is -2.12. The molecule has 0 saturated carbocycles. The average molecular weight is 371 g/mol. The van der Waals surface area contributed by atoms with Crippen LogP contribution in [0.15, 0.2) is 67.4 Å². The Bertz CT molecular complexity index is 1100. The molecule has 4 rings (SSSR count). The summed E-state index contributed by atoms with van der Waals surface area (Å²) in [4.78, 5) is 26.0. The van der Waals surface area contributed by atoms with E-state index in [9.17, 15) is 4.79 Å². The predicted molar refractivity (Wildman–Crippen MR) is 108 cm³/mol. The molecule has 140 valence electrons. The minimum absolute atomic E-state index is 0.112. The smallest absolute Gasteiger partial charge is 0.252 e. The number of rotatable bonds is 5. The highest BCUT2D eigenvalue weighted by atomic mass is 16.1. The Morgan fingerprint density at radius 3 is 2.75 bits per heavy atom. The van der Waals surface area contributed by atoms with Crippen molar-refractivity contribution in [3.8, 4) is 5.82 Å². The Morgan fingerprint density at radius 1 is 1.18 bits per heavy atom. The third kappa shape index (κ3) is 3.62. The van der Waals surface area contributed by atoms with E-state index in [1.807, 2.05) is 53.2 Å². The minimum Gasteiger partial charge on any atom is -0.348 e. The van der Waals surface area contributed by atoms with E-state index in [0.29, 0.717) is 12.1 Å². The Morgan fingerprint density at radius 2 is 2.04 bits per heavy atom. The molecule has 0 aliphatic rings. The van der Waals surface area contributed by atoms with E-state index in [2.05, 4.69) is 34.1 Å². The molecule has 6 nitrogen and oxygen atoms in total. The summed E-state index contributed by atoms with van der Waals surface area (Å²) in [6, 6.07) is 13.5. The largest absolute Gasteiger partial charge is 0.348 e. The molecule has 0 fully saturated rings. The molecule has 28 heavy (non-hydrogen) atoms. The molecule has 3 aromatic heterocycles. The molecule has 0 atom stereocenters. The third-order valence-electron chi connectivity index (χ3n) is 4.60. The lowest BCUT2D eigenvalue weighted by atomic mass is 10.0. The number of hydrogen-bond acceptors (Lipinski definition) is 4. The molecule has 0 aliphatic carbocycles. The highest BCUT2D eigenvalue weighted by Crippen LogP contribution is 2.22. The van der Waals surface area contributed by atoms with E-state index < -0.39 is 0 Å². The van der Waals surface area contributed by atoms with Crippen molar-refractivity contribution >= 4 is 16.8 Å². The Kier molecular flexibility index (Phi) is 4.85. The fourth-order valence-corrected chi connectivity index (χ4v) is 3.03. The maximum atomic E-state index is 12.9. The lowest BCUT2D eigenvalue weighted by molar-refractivity contribution is 0.0952. The van der Waals surface area contributed by atoms with Crippen LogP contribution in [0.2, 0.25) is 0 Å². The lowest BCUT2D eigenvalue weighted by Crippen LogP contribution is -2.23. The van der Waals surface area contributed by atoms with Gasteiger partial charge >= 0.3 is 0 Å². The van der Waals surface area contributed by atoms with E-state index in [1.54, 1.807) is 18.7 Å². The highest BCUT2D eigenvalue weighted by molar-refractivity contribution is 6.06. The molecule has 0 radical (unpaired) electrons. The SMILES string of the molecule is CC(C)c1cc(C(=O)NCc2ccc(-n3ccnc3)nc2)c2ccccc2n1. The minimum atomic E-state index is -0.112. The molecule has 0 saturated heterocycles. The second kappa shape index (κ2) is 7.60. The molecule has 1 N–H and O–H groups in total. The van der Waals surface area contributed by atoms with E-state index in [-0.39, 0.29) is 11.8 Å². The highest BCUT2D eigenvalue weighted by Gasteiger charge is 2.14. The molecule has 0 aliphatic heterocycles. The van der Waals surface area contributed by atoms with Crippen LogP contribution in [-0.2, 0) is 6.54 Å². The number of nitrogens with one attached hydrogen (secondary N) is 1. The zero-order valence-corrected chi connectivity index (χ0v) is 15.8. The van der Waals surface area contributed by atoms with Gasteiger partial charge in [0.15, 0.2) is 0 Å². The molecular formula is C22H21N5O. The fraction of sp³-hybridized carbons (Fsp3) is 0.182. The summed E-state index contributed by atoms with van der Waals surface area (Å²) in [5, 5.41) is 3.86. The van der Waals surface area contributed by atoms with Gasteiger partial charge in [0.05, 0.1) is 11.1 Å². The quantitative estimate of drug-likeness (QED) is 0.578. The molecule has 0 spiro atoms. The van der Waals surface area contributed by atoms with Crippen molar-refractivity contribution in [1.29, 1.82) is 0 Å². The molecule has 1 aromatic carbocycles. The predicted octanol–water partition coefficient (Wildman–Crippen LogP) is 3.87. The topological polar surface area (TPSA) is 72.7 Å². The number of hydrogen-bond donors (Lipinski definition) is 1. The summed E-state index contributed by atoms with van der Waals surface area (Å²) in [6.45, 7) is 4.56. The summed E-state index contributed by atoms with van der Waals surface area (Å²) >= 11 is 0. The van der Waals surface area contributed by atoms with Crippen molar-refractivity contribution in [3.05, 3.63) is 84.2 Å². The number of pyridine rings is 2. The van der Waals surface area contributed by atoms with Gasteiger partial charge in [0.25, 0.3) is 5.91 Å². The first kappa shape index (κ1) is 17.9. The van der Waals surface area contributed by atoms with Crippen LogP contribution in [0, 0.1) is 0 Å². The summed E-state index contributed by atoms with van der Waals surface area (Å²) < 4.78 is 1.83. The number of fused-ring (bicyclic) bond motifs is 1. The first-order valence-electron chi connectivity index (χ1n) is 9.23. The number of nitrogens with zero attached hydrogens (tertiary/aromatic N) is 4. The van der Waals surface area contributed by atoms with E-state index in [4.69, 9.17) is 0 Å². The van der Waals surface area contributed by atoms with Crippen LogP contribution in [0.4, 0.5) is 0 Å². The third-order valence-corrected chi connectivity index (χ3v) is 4.60. The van der Waals surface area contributed by atoms with Crippen LogP contribution in [0.5, 0.6) is 0 Å². The van der Waals surface area contributed by atoms with Gasteiger partial charge < -0.3 is 5.32 Å². The number of amides is 1. The van der Waals surface area contributed by atoms with E-state index in [0.717, 1.165) is 28.0 Å². The Labute approximate surface area is 163 Å². The Balaban J connectivity index is 1.54.